The third-order valence-corrected chi connectivity index (χ3v) is 6.96. The van der Waals surface area contributed by atoms with Gasteiger partial charge in [0.25, 0.3) is 5.56 Å². The lowest BCUT2D eigenvalue weighted by atomic mass is 10.0. The van der Waals surface area contributed by atoms with Gasteiger partial charge in [-0.05, 0) is 73.1 Å². The van der Waals surface area contributed by atoms with E-state index in [-0.39, 0.29) is 18.0 Å². The van der Waals surface area contributed by atoms with Crippen molar-refractivity contribution >= 4 is 33.1 Å². The Balaban J connectivity index is 1.44. The first-order valence-electron chi connectivity index (χ1n) is 10.5. The van der Waals surface area contributed by atoms with Crippen molar-refractivity contribution in [3.63, 3.8) is 0 Å². The first kappa shape index (κ1) is 19.7. The second-order valence-electron chi connectivity index (χ2n) is 8.19. The van der Waals surface area contributed by atoms with Crippen LogP contribution in [0.4, 0.5) is 5.69 Å². The Kier molecular flexibility index (Phi) is 4.94. The predicted molar refractivity (Wildman–Crippen MR) is 126 cm³/mol. The Morgan fingerprint density at radius 3 is 2.77 bits per heavy atom. The largest absolute Gasteiger partial charge is 0.325 e. The lowest BCUT2D eigenvalue weighted by Gasteiger charge is -2.09. The smallest absolute Gasteiger partial charge is 0.263 e. The number of hydrogen-bond acceptors (Lipinski definition) is 4. The predicted octanol–water partition coefficient (Wildman–Crippen LogP) is 4.87. The molecule has 0 unspecified atom stereocenters. The van der Waals surface area contributed by atoms with E-state index >= 15 is 0 Å². The first-order valence-corrected chi connectivity index (χ1v) is 11.3. The summed E-state index contributed by atoms with van der Waals surface area (Å²) >= 11 is 1.45. The number of nitrogens with one attached hydrogen (secondary N) is 1. The van der Waals surface area contributed by atoms with Gasteiger partial charge < -0.3 is 5.32 Å². The van der Waals surface area contributed by atoms with Crippen LogP contribution in [0.1, 0.15) is 28.7 Å². The molecule has 0 radical (unpaired) electrons. The van der Waals surface area contributed by atoms with Crippen LogP contribution in [0.3, 0.4) is 0 Å². The highest BCUT2D eigenvalue weighted by Gasteiger charge is 2.16. The highest BCUT2D eigenvalue weighted by atomic mass is 32.1. The van der Waals surface area contributed by atoms with E-state index < -0.39 is 0 Å². The van der Waals surface area contributed by atoms with E-state index in [1.54, 1.807) is 0 Å². The Bertz CT molecular complexity index is 1380. The van der Waals surface area contributed by atoms with Crippen molar-refractivity contribution in [3.05, 3.63) is 80.7 Å². The molecule has 0 bridgehead atoms. The second kappa shape index (κ2) is 7.78. The standard InChI is InChI=1S/C25H23N3O2S/c1-15-6-7-19(10-16(15)2)21-13-31-24-23(21)25(30)28(14-26-24)12-22(29)27-20-9-8-17-4-3-5-18(17)11-20/h6-11,13-14H,3-5,12H2,1-2H3,(H,27,29). The van der Waals surface area contributed by atoms with Crippen molar-refractivity contribution in [2.24, 2.45) is 0 Å². The molecule has 0 fully saturated rings. The van der Waals surface area contributed by atoms with Gasteiger partial charge in [-0.1, -0.05) is 24.3 Å². The quantitative estimate of drug-likeness (QED) is 0.503. The molecule has 6 heteroatoms. The summed E-state index contributed by atoms with van der Waals surface area (Å²) < 4.78 is 1.39. The highest BCUT2D eigenvalue weighted by molar-refractivity contribution is 7.17. The van der Waals surface area contributed by atoms with Gasteiger partial charge in [-0.3, -0.25) is 14.2 Å². The fraction of sp³-hybridized carbons (Fsp3) is 0.240. The molecular weight excluding hydrogens is 406 g/mol. The molecule has 0 spiro atoms. The number of fused-ring (bicyclic) bond motifs is 2. The summed E-state index contributed by atoms with van der Waals surface area (Å²) in [5.41, 5.74) is 7.50. The number of aryl methyl sites for hydroxylation is 4. The fourth-order valence-electron chi connectivity index (χ4n) is 4.21. The van der Waals surface area contributed by atoms with Gasteiger partial charge in [-0.15, -0.1) is 11.3 Å². The third kappa shape index (κ3) is 3.68. The number of aromatic nitrogens is 2. The van der Waals surface area contributed by atoms with Gasteiger partial charge in [-0.25, -0.2) is 4.98 Å². The van der Waals surface area contributed by atoms with Gasteiger partial charge in [0.05, 0.1) is 11.7 Å². The average molecular weight is 430 g/mol. The van der Waals surface area contributed by atoms with Crippen molar-refractivity contribution < 1.29 is 4.79 Å². The minimum absolute atomic E-state index is 0.0684. The van der Waals surface area contributed by atoms with Gasteiger partial charge in [0.15, 0.2) is 0 Å². The van der Waals surface area contributed by atoms with Crippen LogP contribution in [0.25, 0.3) is 21.3 Å². The van der Waals surface area contributed by atoms with Gasteiger partial charge >= 0.3 is 0 Å². The Hall–Kier alpha value is -3.25. The monoisotopic (exact) mass is 429 g/mol. The third-order valence-electron chi connectivity index (χ3n) is 6.07. The molecule has 1 amide bonds. The summed E-state index contributed by atoms with van der Waals surface area (Å²) in [6.45, 7) is 4.06. The van der Waals surface area contributed by atoms with Gasteiger partial charge in [0.2, 0.25) is 5.91 Å². The van der Waals surface area contributed by atoms with Gasteiger partial charge in [0, 0.05) is 16.6 Å². The molecule has 156 valence electrons. The van der Waals surface area contributed by atoms with Crippen LogP contribution in [0.5, 0.6) is 0 Å². The molecule has 0 saturated carbocycles. The summed E-state index contributed by atoms with van der Waals surface area (Å²) in [6, 6.07) is 12.2. The number of hydrogen-bond donors (Lipinski definition) is 1. The van der Waals surface area contributed by atoms with Crippen LogP contribution in [0.2, 0.25) is 0 Å². The highest BCUT2D eigenvalue weighted by Crippen LogP contribution is 2.31. The summed E-state index contributed by atoms with van der Waals surface area (Å²) in [5, 5.41) is 5.47. The van der Waals surface area contributed by atoms with Crippen LogP contribution in [-0.4, -0.2) is 15.5 Å². The molecule has 0 aliphatic heterocycles. The molecule has 2 aromatic carbocycles. The van der Waals surface area contributed by atoms with Crippen molar-refractivity contribution in [2.75, 3.05) is 5.32 Å². The first-order chi connectivity index (χ1) is 15.0. The van der Waals surface area contributed by atoms with E-state index in [1.807, 2.05) is 23.6 Å². The minimum atomic E-state index is -0.232. The van der Waals surface area contributed by atoms with Crippen molar-refractivity contribution in [1.29, 1.82) is 0 Å². The van der Waals surface area contributed by atoms with E-state index in [0.29, 0.717) is 10.2 Å². The molecule has 0 saturated heterocycles. The molecule has 31 heavy (non-hydrogen) atoms. The molecule has 5 nitrogen and oxygen atoms in total. The topological polar surface area (TPSA) is 64.0 Å². The molecule has 1 N–H and O–H groups in total. The molecule has 4 aromatic rings. The zero-order valence-electron chi connectivity index (χ0n) is 17.6. The van der Waals surface area contributed by atoms with Gasteiger partial charge in [0.1, 0.15) is 11.4 Å². The fourth-order valence-corrected chi connectivity index (χ4v) is 5.11. The zero-order valence-corrected chi connectivity index (χ0v) is 18.4. The van der Waals surface area contributed by atoms with Crippen molar-refractivity contribution in [2.45, 2.75) is 39.7 Å². The number of amides is 1. The van der Waals surface area contributed by atoms with Crippen LogP contribution in [-0.2, 0) is 24.2 Å². The maximum Gasteiger partial charge on any atom is 0.263 e. The van der Waals surface area contributed by atoms with E-state index in [4.69, 9.17) is 0 Å². The lowest BCUT2D eigenvalue weighted by Crippen LogP contribution is -2.27. The molecule has 0 atom stereocenters. The van der Waals surface area contributed by atoms with E-state index in [0.717, 1.165) is 36.1 Å². The number of rotatable bonds is 4. The summed E-state index contributed by atoms with van der Waals surface area (Å²) in [5.74, 6) is -0.232. The maximum atomic E-state index is 13.2. The van der Waals surface area contributed by atoms with Crippen LogP contribution in [0, 0.1) is 13.8 Å². The molecule has 2 heterocycles. The molecule has 1 aliphatic rings. The number of anilines is 1. The zero-order chi connectivity index (χ0) is 21.5. The number of nitrogens with zero attached hydrogens (tertiary/aromatic N) is 2. The van der Waals surface area contributed by atoms with E-state index in [1.165, 1.54) is 44.5 Å². The van der Waals surface area contributed by atoms with Crippen molar-refractivity contribution in [3.8, 4) is 11.1 Å². The number of carbonyl (C=O) groups is 1. The molecule has 5 rings (SSSR count). The lowest BCUT2D eigenvalue weighted by molar-refractivity contribution is -0.116. The molecule has 1 aliphatic carbocycles. The number of thiophene rings is 1. The second-order valence-corrected chi connectivity index (χ2v) is 9.05. The Morgan fingerprint density at radius 1 is 1.10 bits per heavy atom. The Morgan fingerprint density at radius 2 is 1.94 bits per heavy atom. The maximum absolute atomic E-state index is 13.2. The normalized spacial score (nSPS) is 12.8. The Labute approximate surface area is 184 Å². The number of carbonyl (C=O) groups excluding carboxylic acids is 1. The SMILES string of the molecule is Cc1ccc(-c2csc3ncn(CC(=O)Nc4ccc5c(c4)CCC5)c(=O)c23)cc1C. The van der Waals surface area contributed by atoms with E-state index in [9.17, 15) is 9.59 Å². The molecule has 2 aromatic heterocycles. The summed E-state index contributed by atoms with van der Waals surface area (Å²) in [4.78, 5) is 31.0. The molecular formula is C25H23N3O2S. The van der Waals surface area contributed by atoms with Crippen LogP contribution >= 0.6 is 11.3 Å². The average Bonchev–Trinajstić information content (AvgIpc) is 3.39. The van der Waals surface area contributed by atoms with Crippen molar-refractivity contribution in [1.82, 2.24) is 9.55 Å². The van der Waals surface area contributed by atoms with Gasteiger partial charge in [-0.2, -0.15) is 0 Å². The van der Waals surface area contributed by atoms with Crippen LogP contribution in [0.15, 0.2) is 52.9 Å². The summed E-state index contributed by atoms with van der Waals surface area (Å²) in [6.07, 6.45) is 4.79. The van der Waals surface area contributed by atoms with Crippen LogP contribution < -0.4 is 10.9 Å². The minimum Gasteiger partial charge on any atom is -0.325 e. The number of benzene rings is 2. The summed E-state index contributed by atoms with van der Waals surface area (Å²) in [7, 11) is 0. The van der Waals surface area contributed by atoms with E-state index in [2.05, 4.69) is 42.3 Å².